The molecule has 0 aliphatic carbocycles. The Bertz CT molecular complexity index is 1080. The van der Waals surface area contributed by atoms with Crippen LogP contribution in [0, 0.1) is 0 Å². The molecule has 3 aromatic carbocycles. The van der Waals surface area contributed by atoms with Crippen molar-refractivity contribution in [3.05, 3.63) is 78.6 Å². The molecular weight excluding hydrogens is 563 g/mol. The Morgan fingerprint density at radius 3 is 1.43 bits per heavy atom. The van der Waals surface area contributed by atoms with Crippen molar-refractivity contribution in [2.75, 3.05) is 10.6 Å². The van der Waals surface area contributed by atoms with Gasteiger partial charge in [0.2, 0.25) is 0 Å². The van der Waals surface area contributed by atoms with E-state index in [-0.39, 0.29) is 44.0 Å². The van der Waals surface area contributed by atoms with Crippen LogP contribution in [0.25, 0.3) is 0 Å². The van der Waals surface area contributed by atoms with E-state index in [1.165, 1.54) is 36.4 Å². The Morgan fingerprint density at radius 2 is 1.07 bits per heavy atom. The Morgan fingerprint density at radius 1 is 0.700 bits per heavy atom. The van der Waals surface area contributed by atoms with Crippen LogP contribution in [-0.2, 0) is 0 Å². The molecule has 0 aliphatic heterocycles. The van der Waals surface area contributed by atoms with Crippen molar-refractivity contribution in [2.24, 2.45) is 0 Å². The summed E-state index contributed by atoms with van der Waals surface area (Å²) in [5.41, 5.74) is 0.322. The first kappa shape index (κ1) is 22.4. The summed E-state index contributed by atoms with van der Waals surface area (Å²) in [7, 11) is 0. The van der Waals surface area contributed by atoms with Crippen molar-refractivity contribution in [1.29, 1.82) is 0 Å². The van der Waals surface area contributed by atoms with Crippen molar-refractivity contribution >= 4 is 78.3 Å². The third-order valence-electron chi connectivity index (χ3n) is 3.96. The fourth-order valence-corrected chi connectivity index (χ4v) is 3.56. The lowest BCUT2D eigenvalue weighted by molar-refractivity contribution is 0.101. The van der Waals surface area contributed by atoms with Crippen LogP contribution in [0.15, 0.2) is 57.5 Å². The van der Waals surface area contributed by atoms with Crippen LogP contribution in [-0.4, -0.2) is 22.0 Å². The molecule has 0 aliphatic rings. The minimum absolute atomic E-state index is 0.0114. The number of halogens is 4. The first-order chi connectivity index (χ1) is 14.2. The van der Waals surface area contributed by atoms with Crippen LogP contribution in [0.4, 0.5) is 11.4 Å². The minimum Gasteiger partial charge on any atom is -0.507 e. The summed E-state index contributed by atoms with van der Waals surface area (Å²) >= 11 is 18.6. The third-order valence-corrected chi connectivity index (χ3v) is 5.67. The first-order valence-corrected chi connectivity index (χ1v) is 10.6. The Hall–Kier alpha value is -2.26. The molecule has 3 aromatic rings. The average Bonchev–Trinajstić information content (AvgIpc) is 2.69. The van der Waals surface area contributed by atoms with Gasteiger partial charge >= 0.3 is 0 Å². The van der Waals surface area contributed by atoms with Gasteiger partial charge in [0, 0.05) is 8.95 Å². The van der Waals surface area contributed by atoms with Gasteiger partial charge in [-0.3, -0.25) is 9.59 Å². The number of hydrogen-bond acceptors (Lipinski definition) is 4. The quantitative estimate of drug-likeness (QED) is 0.288. The van der Waals surface area contributed by atoms with Gasteiger partial charge in [-0.2, -0.15) is 0 Å². The number of anilines is 2. The predicted molar refractivity (Wildman–Crippen MR) is 124 cm³/mol. The predicted octanol–water partition coefficient (Wildman–Crippen LogP) is 6.43. The largest absolute Gasteiger partial charge is 0.507 e. The number of phenols is 2. The number of carbonyl (C=O) groups excluding carboxylic acids is 2. The molecule has 30 heavy (non-hydrogen) atoms. The Labute approximate surface area is 198 Å². The number of phenolic OH excluding ortho intramolecular Hbond substituents is 2. The van der Waals surface area contributed by atoms with E-state index in [9.17, 15) is 19.8 Å². The number of amides is 2. The minimum atomic E-state index is -0.631. The van der Waals surface area contributed by atoms with E-state index in [1.54, 1.807) is 12.1 Å². The van der Waals surface area contributed by atoms with Crippen molar-refractivity contribution in [2.45, 2.75) is 0 Å². The maximum Gasteiger partial charge on any atom is 0.259 e. The maximum atomic E-state index is 12.7. The monoisotopic (exact) mass is 572 g/mol. The van der Waals surface area contributed by atoms with E-state index in [1.807, 2.05) is 0 Å². The van der Waals surface area contributed by atoms with Gasteiger partial charge in [-0.15, -0.1) is 0 Å². The summed E-state index contributed by atoms with van der Waals surface area (Å²) in [5, 5.41) is 25.4. The third kappa shape index (κ3) is 5.07. The molecule has 0 spiro atoms. The van der Waals surface area contributed by atoms with Gasteiger partial charge in [0.15, 0.2) is 0 Å². The van der Waals surface area contributed by atoms with Crippen molar-refractivity contribution in [1.82, 2.24) is 0 Å². The van der Waals surface area contributed by atoms with Crippen LogP contribution in [0.5, 0.6) is 11.5 Å². The summed E-state index contributed by atoms with van der Waals surface area (Å²) in [6.07, 6.45) is 0. The lowest BCUT2D eigenvalue weighted by Gasteiger charge is -2.15. The number of hydrogen-bond donors (Lipinski definition) is 4. The molecule has 0 radical (unpaired) electrons. The highest BCUT2D eigenvalue weighted by Gasteiger charge is 2.18. The Kier molecular flexibility index (Phi) is 6.92. The van der Waals surface area contributed by atoms with Crippen molar-refractivity contribution < 1.29 is 19.8 Å². The summed E-state index contributed by atoms with van der Waals surface area (Å²) in [5.74, 6) is -1.71. The normalized spacial score (nSPS) is 10.5. The fourth-order valence-electron chi connectivity index (χ4n) is 2.51. The van der Waals surface area contributed by atoms with E-state index >= 15 is 0 Å². The van der Waals surface area contributed by atoms with Gasteiger partial charge in [0.1, 0.15) is 11.5 Å². The molecule has 0 unspecified atom stereocenters. The SMILES string of the molecule is O=C(Nc1cc(Cl)c(Cl)cc1NC(=O)c1cc(Br)ccc1O)c1cc(Br)ccc1O. The van der Waals surface area contributed by atoms with Crippen LogP contribution >= 0.6 is 55.1 Å². The number of carbonyl (C=O) groups is 2. The van der Waals surface area contributed by atoms with Crippen LogP contribution in [0.2, 0.25) is 10.0 Å². The highest BCUT2D eigenvalue weighted by Crippen LogP contribution is 2.34. The average molecular weight is 575 g/mol. The van der Waals surface area contributed by atoms with Gasteiger partial charge < -0.3 is 20.8 Å². The fraction of sp³-hybridized carbons (Fsp3) is 0. The lowest BCUT2D eigenvalue weighted by atomic mass is 10.1. The Balaban J connectivity index is 1.95. The number of nitrogens with one attached hydrogen (secondary N) is 2. The van der Waals surface area contributed by atoms with Gasteiger partial charge in [-0.25, -0.2) is 0 Å². The molecule has 154 valence electrons. The van der Waals surface area contributed by atoms with Gasteiger partial charge in [0.25, 0.3) is 11.8 Å². The van der Waals surface area contributed by atoms with Crippen molar-refractivity contribution in [3.8, 4) is 11.5 Å². The molecule has 0 heterocycles. The molecule has 6 nitrogen and oxygen atoms in total. The molecule has 0 saturated carbocycles. The maximum absolute atomic E-state index is 12.7. The molecule has 2 amide bonds. The highest BCUT2D eigenvalue weighted by atomic mass is 79.9. The van der Waals surface area contributed by atoms with Crippen LogP contribution < -0.4 is 10.6 Å². The smallest absolute Gasteiger partial charge is 0.259 e. The number of benzene rings is 3. The molecule has 3 rings (SSSR count). The van der Waals surface area contributed by atoms with Gasteiger partial charge in [-0.05, 0) is 48.5 Å². The number of aromatic hydroxyl groups is 2. The second kappa shape index (κ2) is 9.26. The van der Waals surface area contributed by atoms with E-state index in [4.69, 9.17) is 23.2 Å². The second-order valence-electron chi connectivity index (χ2n) is 6.04. The topological polar surface area (TPSA) is 98.7 Å². The molecule has 0 aromatic heterocycles. The van der Waals surface area contributed by atoms with Crippen molar-refractivity contribution in [3.63, 3.8) is 0 Å². The highest BCUT2D eigenvalue weighted by molar-refractivity contribution is 9.10. The zero-order chi connectivity index (χ0) is 22.0. The summed E-state index contributed by atoms with van der Waals surface area (Å²) in [6, 6.07) is 11.5. The molecule has 4 N–H and O–H groups in total. The van der Waals surface area contributed by atoms with E-state index in [0.29, 0.717) is 8.95 Å². The lowest BCUT2D eigenvalue weighted by Crippen LogP contribution is -2.17. The van der Waals surface area contributed by atoms with Gasteiger partial charge in [-0.1, -0.05) is 55.1 Å². The molecule has 0 atom stereocenters. The summed E-state index contributed by atoms with van der Waals surface area (Å²) in [4.78, 5) is 25.3. The van der Waals surface area contributed by atoms with Crippen LogP contribution in [0.3, 0.4) is 0 Å². The first-order valence-electron chi connectivity index (χ1n) is 8.24. The second-order valence-corrected chi connectivity index (χ2v) is 8.69. The molecule has 0 fully saturated rings. The zero-order valence-corrected chi connectivity index (χ0v) is 19.5. The van der Waals surface area contributed by atoms with Crippen LogP contribution in [0.1, 0.15) is 20.7 Å². The summed E-state index contributed by atoms with van der Waals surface area (Å²) in [6.45, 7) is 0. The van der Waals surface area contributed by atoms with Gasteiger partial charge in [0.05, 0.1) is 32.5 Å². The van der Waals surface area contributed by atoms with E-state index < -0.39 is 11.8 Å². The number of rotatable bonds is 4. The summed E-state index contributed by atoms with van der Waals surface area (Å²) < 4.78 is 1.19. The molecular formula is C20H12Br2Cl2N2O4. The van der Waals surface area contributed by atoms with E-state index in [0.717, 1.165) is 0 Å². The standard InChI is InChI=1S/C20H12Br2Cl2N2O4/c21-9-1-3-17(27)11(5-9)19(29)25-15-7-13(23)14(24)8-16(15)26-20(30)12-6-10(22)2-4-18(12)28/h1-8,27-28H,(H,25,29)(H,26,30). The molecule has 0 bridgehead atoms. The van der Waals surface area contributed by atoms with E-state index in [2.05, 4.69) is 42.5 Å². The molecule has 0 saturated heterocycles. The molecule has 10 heteroatoms. The zero-order valence-electron chi connectivity index (χ0n) is 14.8.